The highest BCUT2D eigenvalue weighted by Gasteiger charge is 2.09. The molecule has 1 rings (SSSR count). The van der Waals surface area contributed by atoms with E-state index in [0.29, 0.717) is 22.3 Å². The van der Waals surface area contributed by atoms with Crippen molar-refractivity contribution in [2.45, 2.75) is 6.92 Å². The summed E-state index contributed by atoms with van der Waals surface area (Å²) in [7, 11) is 0. The van der Waals surface area contributed by atoms with Crippen molar-refractivity contribution in [3.8, 4) is 5.75 Å². The van der Waals surface area contributed by atoms with E-state index in [1.807, 2.05) is 0 Å². The first kappa shape index (κ1) is 14.6. The summed E-state index contributed by atoms with van der Waals surface area (Å²) in [6, 6.07) is 4.07. The number of carbonyl (C=O) groups is 2. The Hall–Kier alpha value is -1.46. The molecule has 98 valence electrons. The van der Waals surface area contributed by atoms with Gasteiger partial charge in [0, 0.05) is 11.6 Å². The van der Waals surface area contributed by atoms with E-state index in [0.717, 1.165) is 0 Å². The fraction of sp³-hybridized carbons (Fsp3) is 0.273. The van der Waals surface area contributed by atoms with E-state index < -0.39 is 11.9 Å². The van der Waals surface area contributed by atoms with E-state index in [1.54, 1.807) is 19.1 Å². The molecule has 0 unspecified atom stereocenters. The highest BCUT2D eigenvalue weighted by atomic mass is 35.5. The average Bonchev–Trinajstić information content (AvgIpc) is 2.28. The van der Waals surface area contributed by atoms with Crippen LogP contribution >= 0.6 is 23.2 Å². The highest BCUT2D eigenvalue weighted by Crippen LogP contribution is 2.27. The quantitative estimate of drug-likeness (QED) is 0.893. The zero-order valence-corrected chi connectivity index (χ0v) is 11.1. The van der Waals surface area contributed by atoms with Gasteiger partial charge in [0.25, 0.3) is 5.91 Å². The van der Waals surface area contributed by atoms with E-state index in [4.69, 9.17) is 27.9 Å². The molecule has 0 atom stereocenters. The van der Waals surface area contributed by atoms with Crippen molar-refractivity contribution in [2.75, 3.05) is 13.2 Å². The van der Waals surface area contributed by atoms with Gasteiger partial charge in [0.15, 0.2) is 6.61 Å². The Bertz CT molecular complexity index is 452. The van der Waals surface area contributed by atoms with Gasteiger partial charge >= 0.3 is 6.03 Å². The Morgan fingerprint density at radius 2 is 2.06 bits per heavy atom. The van der Waals surface area contributed by atoms with Crippen molar-refractivity contribution < 1.29 is 14.3 Å². The highest BCUT2D eigenvalue weighted by molar-refractivity contribution is 6.35. The molecule has 0 aliphatic rings. The number of amides is 3. The number of nitrogens with one attached hydrogen (secondary N) is 2. The van der Waals surface area contributed by atoms with E-state index in [9.17, 15) is 9.59 Å². The summed E-state index contributed by atoms with van der Waals surface area (Å²) in [6.07, 6.45) is 0. The molecule has 0 aliphatic carbocycles. The van der Waals surface area contributed by atoms with Gasteiger partial charge in [-0.3, -0.25) is 10.1 Å². The summed E-state index contributed by atoms with van der Waals surface area (Å²) < 4.78 is 5.15. The Morgan fingerprint density at radius 3 is 2.67 bits per heavy atom. The van der Waals surface area contributed by atoms with Crippen LogP contribution in [-0.2, 0) is 4.79 Å². The van der Waals surface area contributed by atoms with Gasteiger partial charge in [-0.1, -0.05) is 23.2 Å². The first-order valence-electron chi connectivity index (χ1n) is 5.18. The van der Waals surface area contributed by atoms with Crippen LogP contribution in [-0.4, -0.2) is 25.1 Å². The van der Waals surface area contributed by atoms with Crippen LogP contribution in [0.3, 0.4) is 0 Å². The molecule has 1 aromatic rings. The molecule has 3 amide bonds. The molecule has 1 aromatic carbocycles. The molecule has 0 aliphatic heterocycles. The molecule has 0 saturated heterocycles. The molecule has 0 aromatic heterocycles. The topological polar surface area (TPSA) is 67.4 Å². The summed E-state index contributed by atoms with van der Waals surface area (Å²) in [5, 5.41) is 5.29. The van der Waals surface area contributed by atoms with Gasteiger partial charge in [-0.15, -0.1) is 0 Å². The Kier molecular flexibility index (Phi) is 5.74. The van der Waals surface area contributed by atoms with E-state index >= 15 is 0 Å². The van der Waals surface area contributed by atoms with Crippen molar-refractivity contribution in [3.63, 3.8) is 0 Å². The molecule has 5 nitrogen and oxygen atoms in total. The van der Waals surface area contributed by atoms with Crippen molar-refractivity contribution in [1.82, 2.24) is 10.6 Å². The Balaban J connectivity index is 2.45. The molecule has 2 N–H and O–H groups in total. The summed E-state index contributed by atoms with van der Waals surface area (Å²) in [4.78, 5) is 22.3. The molecule has 0 fully saturated rings. The first-order chi connectivity index (χ1) is 8.52. The fourth-order valence-electron chi connectivity index (χ4n) is 1.10. The van der Waals surface area contributed by atoms with Gasteiger partial charge < -0.3 is 10.1 Å². The smallest absolute Gasteiger partial charge is 0.321 e. The zero-order chi connectivity index (χ0) is 13.5. The largest absolute Gasteiger partial charge is 0.482 e. The Labute approximate surface area is 114 Å². The minimum atomic E-state index is -0.563. The molecule has 0 bridgehead atoms. The van der Waals surface area contributed by atoms with Gasteiger partial charge in [-0.2, -0.15) is 0 Å². The number of urea groups is 1. The molecule has 0 radical (unpaired) electrons. The normalized spacial score (nSPS) is 9.72. The standard InChI is InChI=1S/C11H12Cl2N2O3/c1-2-14-11(17)15-10(16)6-18-9-4-3-7(12)5-8(9)13/h3-5H,2,6H2,1H3,(H2,14,15,16,17). The number of benzene rings is 1. The van der Waals surface area contributed by atoms with Gasteiger partial charge in [0.05, 0.1) is 5.02 Å². The average molecular weight is 291 g/mol. The number of carbonyl (C=O) groups excluding carboxylic acids is 2. The molecule has 0 spiro atoms. The van der Waals surface area contributed by atoms with E-state index in [2.05, 4.69) is 10.6 Å². The summed E-state index contributed by atoms with van der Waals surface area (Å²) in [5.41, 5.74) is 0. The second-order valence-corrected chi connectivity index (χ2v) is 4.11. The lowest BCUT2D eigenvalue weighted by Crippen LogP contribution is -2.41. The summed E-state index contributed by atoms with van der Waals surface area (Å²) in [5.74, 6) is -0.237. The lowest BCUT2D eigenvalue weighted by molar-refractivity contribution is -0.122. The second kappa shape index (κ2) is 7.08. The third-order valence-electron chi connectivity index (χ3n) is 1.84. The maximum atomic E-state index is 11.3. The number of rotatable bonds is 4. The molecule has 0 heterocycles. The number of halogens is 2. The third kappa shape index (κ3) is 4.81. The molecule has 7 heteroatoms. The van der Waals surface area contributed by atoms with Crippen LogP contribution in [0, 0.1) is 0 Å². The van der Waals surface area contributed by atoms with Crippen LogP contribution in [0.2, 0.25) is 10.0 Å². The summed E-state index contributed by atoms with van der Waals surface area (Å²) >= 11 is 11.6. The van der Waals surface area contributed by atoms with Gasteiger partial charge in [0.2, 0.25) is 0 Å². The van der Waals surface area contributed by atoms with E-state index in [1.165, 1.54) is 6.07 Å². The molecule has 0 saturated carbocycles. The molecular formula is C11H12Cl2N2O3. The van der Waals surface area contributed by atoms with Crippen LogP contribution in [0.25, 0.3) is 0 Å². The monoisotopic (exact) mass is 290 g/mol. The van der Waals surface area contributed by atoms with Crippen LogP contribution in [0.1, 0.15) is 6.92 Å². The molecule has 18 heavy (non-hydrogen) atoms. The van der Waals surface area contributed by atoms with Crippen molar-refractivity contribution in [2.24, 2.45) is 0 Å². The summed E-state index contributed by atoms with van der Waals surface area (Å²) in [6.45, 7) is 1.87. The van der Waals surface area contributed by atoms with Crippen molar-refractivity contribution in [1.29, 1.82) is 0 Å². The zero-order valence-electron chi connectivity index (χ0n) is 9.63. The number of imide groups is 1. The predicted molar refractivity (Wildman–Crippen MR) is 69.2 cm³/mol. The van der Waals surface area contributed by atoms with Crippen LogP contribution in [0.15, 0.2) is 18.2 Å². The minimum Gasteiger partial charge on any atom is -0.482 e. The van der Waals surface area contributed by atoms with Crippen molar-refractivity contribution in [3.05, 3.63) is 28.2 Å². The second-order valence-electron chi connectivity index (χ2n) is 3.27. The fourth-order valence-corrected chi connectivity index (χ4v) is 1.57. The molecular weight excluding hydrogens is 279 g/mol. The number of hydrogen-bond acceptors (Lipinski definition) is 3. The van der Waals surface area contributed by atoms with Crippen molar-refractivity contribution >= 4 is 35.1 Å². The lowest BCUT2D eigenvalue weighted by Gasteiger charge is -2.08. The van der Waals surface area contributed by atoms with Gasteiger partial charge in [-0.05, 0) is 25.1 Å². The lowest BCUT2D eigenvalue weighted by atomic mass is 10.3. The van der Waals surface area contributed by atoms with Crippen LogP contribution in [0.4, 0.5) is 4.79 Å². The number of hydrogen-bond donors (Lipinski definition) is 2. The number of ether oxygens (including phenoxy) is 1. The third-order valence-corrected chi connectivity index (χ3v) is 2.37. The van der Waals surface area contributed by atoms with Gasteiger partial charge in [0.1, 0.15) is 5.75 Å². The first-order valence-corrected chi connectivity index (χ1v) is 5.94. The maximum absolute atomic E-state index is 11.3. The SMILES string of the molecule is CCNC(=O)NC(=O)COc1ccc(Cl)cc1Cl. The van der Waals surface area contributed by atoms with Crippen LogP contribution in [0.5, 0.6) is 5.75 Å². The predicted octanol–water partition coefficient (Wildman–Crippen LogP) is 2.22. The van der Waals surface area contributed by atoms with E-state index in [-0.39, 0.29) is 6.61 Å². The van der Waals surface area contributed by atoms with Gasteiger partial charge in [-0.25, -0.2) is 4.79 Å². The maximum Gasteiger partial charge on any atom is 0.321 e. The Morgan fingerprint density at radius 1 is 1.33 bits per heavy atom. The minimum absolute atomic E-state index is 0.299. The van der Waals surface area contributed by atoms with Crippen LogP contribution < -0.4 is 15.4 Å².